The van der Waals surface area contributed by atoms with E-state index in [1.165, 1.54) is 21.3 Å². The Morgan fingerprint density at radius 3 is 2.26 bits per heavy atom. The number of carbonyl (C=O) groups excluding carboxylic acids is 1. The number of halogens is 1. The molecule has 6 nitrogen and oxygen atoms in total. The molecular formula is C20H18BrNO5. The third kappa shape index (κ3) is 3.48. The van der Waals surface area contributed by atoms with Gasteiger partial charge in [-0.1, -0.05) is 6.07 Å². The van der Waals surface area contributed by atoms with Crippen LogP contribution >= 0.6 is 15.9 Å². The summed E-state index contributed by atoms with van der Waals surface area (Å²) >= 11 is 3.47. The summed E-state index contributed by atoms with van der Waals surface area (Å²) in [5.41, 5.74) is 2.08. The number of nitrogens with zero attached hydrogens (tertiary/aromatic N) is 1. The highest BCUT2D eigenvalue weighted by Crippen LogP contribution is 2.38. The van der Waals surface area contributed by atoms with Crippen molar-refractivity contribution in [2.45, 2.75) is 6.61 Å². The Labute approximate surface area is 164 Å². The molecule has 0 aliphatic heterocycles. The molecule has 0 spiro atoms. The van der Waals surface area contributed by atoms with E-state index in [4.69, 9.17) is 14.2 Å². The number of aromatic nitrogens is 1. The molecule has 0 saturated carbocycles. The predicted molar refractivity (Wildman–Crippen MR) is 105 cm³/mol. The molecule has 140 valence electrons. The van der Waals surface area contributed by atoms with Gasteiger partial charge in [0, 0.05) is 15.4 Å². The van der Waals surface area contributed by atoms with Crippen LogP contribution in [-0.2, 0) is 6.61 Å². The zero-order valence-corrected chi connectivity index (χ0v) is 16.7. The number of fused-ring (bicyclic) bond motifs is 1. The van der Waals surface area contributed by atoms with E-state index in [-0.39, 0.29) is 12.4 Å². The van der Waals surface area contributed by atoms with Crippen LogP contribution in [0, 0.1) is 0 Å². The van der Waals surface area contributed by atoms with Crippen molar-refractivity contribution in [3.8, 4) is 17.2 Å². The fourth-order valence-electron chi connectivity index (χ4n) is 2.82. The number of carbonyl (C=O) groups is 1. The zero-order chi connectivity index (χ0) is 19.6. The summed E-state index contributed by atoms with van der Waals surface area (Å²) in [7, 11) is 4.50. The van der Waals surface area contributed by atoms with Crippen molar-refractivity contribution in [3.63, 3.8) is 0 Å². The molecule has 0 aliphatic carbocycles. The second-order valence-electron chi connectivity index (χ2n) is 5.70. The van der Waals surface area contributed by atoms with E-state index in [0.29, 0.717) is 34.0 Å². The largest absolute Gasteiger partial charge is 0.493 e. The van der Waals surface area contributed by atoms with Crippen molar-refractivity contribution in [3.05, 3.63) is 57.7 Å². The van der Waals surface area contributed by atoms with E-state index < -0.39 is 0 Å². The molecule has 3 aromatic rings. The minimum Gasteiger partial charge on any atom is -0.493 e. The van der Waals surface area contributed by atoms with Crippen LogP contribution in [0.4, 0.5) is 0 Å². The standard InChI is InChI=1S/C20H18BrNO5/c1-25-16-8-12(9-17(26-2)20(16)27-3)19(24)15-7-5-13-14(22-15)6-4-11(10-23)18(13)21/h4-9,23H,10H2,1-3H3. The fourth-order valence-corrected chi connectivity index (χ4v) is 3.41. The first kappa shape index (κ1) is 19.1. The maximum absolute atomic E-state index is 13.0. The van der Waals surface area contributed by atoms with Gasteiger partial charge < -0.3 is 19.3 Å². The molecule has 27 heavy (non-hydrogen) atoms. The molecule has 1 aromatic heterocycles. The van der Waals surface area contributed by atoms with Gasteiger partial charge in [0.05, 0.1) is 33.5 Å². The van der Waals surface area contributed by atoms with E-state index in [0.717, 1.165) is 15.4 Å². The second-order valence-corrected chi connectivity index (χ2v) is 6.50. The number of aliphatic hydroxyl groups excluding tert-OH is 1. The number of ether oxygens (including phenoxy) is 3. The third-order valence-corrected chi connectivity index (χ3v) is 5.15. The first-order chi connectivity index (χ1) is 13.0. The third-order valence-electron chi connectivity index (χ3n) is 4.22. The van der Waals surface area contributed by atoms with Gasteiger partial charge in [-0.15, -0.1) is 0 Å². The van der Waals surface area contributed by atoms with Crippen LogP contribution in [0.2, 0.25) is 0 Å². The summed E-state index contributed by atoms with van der Waals surface area (Å²) in [4.78, 5) is 17.4. The smallest absolute Gasteiger partial charge is 0.211 e. The summed E-state index contributed by atoms with van der Waals surface area (Å²) in [5, 5.41) is 10.2. The second kappa shape index (κ2) is 7.94. The lowest BCUT2D eigenvalue weighted by Crippen LogP contribution is -2.06. The molecule has 0 aliphatic rings. The number of rotatable bonds is 6. The molecule has 0 amide bonds. The molecule has 0 saturated heterocycles. The van der Waals surface area contributed by atoms with Crippen LogP contribution in [0.1, 0.15) is 21.6 Å². The van der Waals surface area contributed by atoms with Crippen molar-refractivity contribution < 1.29 is 24.1 Å². The summed E-state index contributed by atoms with van der Waals surface area (Å²) < 4.78 is 16.7. The number of hydrogen-bond donors (Lipinski definition) is 1. The zero-order valence-electron chi connectivity index (χ0n) is 15.1. The van der Waals surface area contributed by atoms with Crippen molar-refractivity contribution in [1.29, 1.82) is 0 Å². The maximum atomic E-state index is 13.0. The van der Waals surface area contributed by atoms with E-state index in [1.54, 1.807) is 36.4 Å². The first-order valence-corrected chi connectivity index (χ1v) is 8.87. The highest BCUT2D eigenvalue weighted by atomic mass is 79.9. The van der Waals surface area contributed by atoms with E-state index >= 15 is 0 Å². The van der Waals surface area contributed by atoms with Crippen molar-refractivity contribution >= 4 is 32.6 Å². The highest BCUT2D eigenvalue weighted by molar-refractivity contribution is 9.10. The predicted octanol–water partition coefficient (Wildman–Crippen LogP) is 3.75. The average Bonchev–Trinajstić information content (AvgIpc) is 2.72. The van der Waals surface area contributed by atoms with Crippen LogP contribution < -0.4 is 14.2 Å². The molecule has 0 fully saturated rings. The van der Waals surface area contributed by atoms with E-state index in [1.807, 2.05) is 0 Å². The van der Waals surface area contributed by atoms with Gasteiger partial charge in [0.1, 0.15) is 5.69 Å². The van der Waals surface area contributed by atoms with Crippen molar-refractivity contribution in [2.24, 2.45) is 0 Å². The summed E-state index contributed by atoms with van der Waals surface area (Å²) in [6.07, 6.45) is 0. The van der Waals surface area contributed by atoms with Gasteiger partial charge in [-0.2, -0.15) is 0 Å². The Balaban J connectivity index is 2.08. The summed E-state index contributed by atoms with van der Waals surface area (Å²) in [6, 6.07) is 10.2. The van der Waals surface area contributed by atoms with Gasteiger partial charge in [0.2, 0.25) is 11.5 Å². The molecule has 0 atom stereocenters. The van der Waals surface area contributed by atoms with Crippen LogP contribution in [0.25, 0.3) is 10.9 Å². The van der Waals surface area contributed by atoms with Gasteiger partial charge in [0.15, 0.2) is 11.5 Å². The molecular weight excluding hydrogens is 414 g/mol. The lowest BCUT2D eigenvalue weighted by atomic mass is 10.0. The topological polar surface area (TPSA) is 77.9 Å². The monoisotopic (exact) mass is 431 g/mol. The van der Waals surface area contributed by atoms with Crippen LogP contribution in [0.5, 0.6) is 17.2 Å². The highest BCUT2D eigenvalue weighted by Gasteiger charge is 2.19. The van der Waals surface area contributed by atoms with E-state index in [2.05, 4.69) is 20.9 Å². The van der Waals surface area contributed by atoms with Gasteiger partial charge in [-0.05, 0) is 51.8 Å². The summed E-state index contributed by atoms with van der Waals surface area (Å²) in [5.74, 6) is 0.953. The van der Waals surface area contributed by atoms with Crippen LogP contribution in [0.3, 0.4) is 0 Å². The molecule has 2 aromatic carbocycles. The van der Waals surface area contributed by atoms with Gasteiger partial charge in [0.25, 0.3) is 0 Å². The Bertz CT molecular complexity index is 994. The van der Waals surface area contributed by atoms with E-state index in [9.17, 15) is 9.90 Å². The normalized spacial score (nSPS) is 10.7. The Hall–Kier alpha value is -2.64. The van der Waals surface area contributed by atoms with Crippen molar-refractivity contribution in [2.75, 3.05) is 21.3 Å². The molecule has 0 bridgehead atoms. The Morgan fingerprint density at radius 1 is 1.04 bits per heavy atom. The molecule has 1 N–H and O–H groups in total. The minimum absolute atomic E-state index is 0.0807. The van der Waals surface area contributed by atoms with Gasteiger partial charge in [-0.25, -0.2) is 4.98 Å². The Morgan fingerprint density at radius 2 is 1.70 bits per heavy atom. The van der Waals surface area contributed by atoms with Crippen molar-refractivity contribution in [1.82, 2.24) is 4.98 Å². The minimum atomic E-state index is -0.265. The summed E-state index contributed by atoms with van der Waals surface area (Å²) in [6.45, 7) is -0.0807. The number of aliphatic hydroxyl groups is 1. The SMILES string of the molecule is COc1cc(C(=O)c2ccc3c(Br)c(CO)ccc3n2)cc(OC)c1OC. The van der Waals surface area contributed by atoms with Crippen LogP contribution in [0.15, 0.2) is 40.9 Å². The van der Waals surface area contributed by atoms with Crippen LogP contribution in [-0.4, -0.2) is 37.2 Å². The lowest BCUT2D eigenvalue weighted by molar-refractivity contribution is 0.103. The number of pyridine rings is 1. The first-order valence-electron chi connectivity index (χ1n) is 8.07. The van der Waals surface area contributed by atoms with Gasteiger partial charge >= 0.3 is 0 Å². The average molecular weight is 432 g/mol. The molecule has 0 unspecified atom stereocenters. The Kier molecular flexibility index (Phi) is 5.62. The number of methoxy groups -OCH3 is 3. The maximum Gasteiger partial charge on any atom is 0.211 e. The molecule has 0 radical (unpaired) electrons. The molecule has 3 rings (SSSR count). The molecule has 7 heteroatoms. The fraction of sp³-hybridized carbons (Fsp3) is 0.200. The number of ketones is 1. The van der Waals surface area contributed by atoms with Gasteiger partial charge in [-0.3, -0.25) is 4.79 Å². The molecule has 1 heterocycles. The number of benzene rings is 2. The quantitative estimate of drug-likeness (QED) is 0.598. The lowest BCUT2D eigenvalue weighted by Gasteiger charge is -2.13. The number of hydrogen-bond acceptors (Lipinski definition) is 6.